The maximum absolute atomic E-state index is 13.0. The van der Waals surface area contributed by atoms with E-state index in [4.69, 9.17) is 9.47 Å². The highest BCUT2D eigenvalue weighted by Gasteiger charge is 2.30. The van der Waals surface area contributed by atoms with Crippen molar-refractivity contribution < 1.29 is 27.4 Å². The van der Waals surface area contributed by atoms with Gasteiger partial charge in [-0.3, -0.25) is 9.69 Å². The van der Waals surface area contributed by atoms with Crippen LogP contribution in [0.3, 0.4) is 0 Å². The molecule has 0 aliphatic carbocycles. The van der Waals surface area contributed by atoms with Crippen LogP contribution in [0.2, 0.25) is 0 Å². The molecule has 3 aromatic rings. The topological polar surface area (TPSA) is 63.7 Å². The van der Waals surface area contributed by atoms with E-state index in [-0.39, 0.29) is 5.69 Å². The Bertz CT molecular complexity index is 1140. The number of aromatic nitrogens is 1. The minimum absolute atomic E-state index is 0.112. The number of amides is 1. The van der Waals surface area contributed by atoms with Gasteiger partial charge in [-0.15, -0.1) is 11.3 Å². The molecule has 0 saturated heterocycles. The smallest absolute Gasteiger partial charge is 0.416 e. The van der Waals surface area contributed by atoms with Crippen LogP contribution in [-0.4, -0.2) is 49.1 Å². The third kappa shape index (κ3) is 7.44. The van der Waals surface area contributed by atoms with Crippen molar-refractivity contribution in [3.05, 3.63) is 59.1 Å². The fraction of sp³-hybridized carbons (Fsp3) is 0.385. The Labute approximate surface area is 213 Å². The summed E-state index contributed by atoms with van der Waals surface area (Å²) in [5.41, 5.74) is 0.137. The lowest BCUT2D eigenvalue weighted by molar-refractivity contribution is -0.137. The van der Waals surface area contributed by atoms with Gasteiger partial charge >= 0.3 is 6.18 Å². The molecule has 194 valence electrons. The van der Waals surface area contributed by atoms with Crippen molar-refractivity contribution in [1.29, 1.82) is 0 Å². The molecule has 2 aromatic carbocycles. The summed E-state index contributed by atoms with van der Waals surface area (Å²) in [5, 5.41) is 4.61. The fourth-order valence-electron chi connectivity index (χ4n) is 3.65. The number of rotatable bonds is 12. The van der Waals surface area contributed by atoms with Gasteiger partial charge < -0.3 is 14.8 Å². The van der Waals surface area contributed by atoms with Crippen LogP contribution in [0.5, 0.6) is 11.5 Å². The number of hydrogen-bond acceptors (Lipinski definition) is 6. The van der Waals surface area contributed by atoms with Crippen LogP contribution in [0.4, 0.5) is 18.9 Å². The summed E-state index contributed by atoms with van der Waals surface area (Å²) in [7, 11) is 1.55. The van der Waals surface area contributed by atoms with Crippen LogP contribution >= 0.6 is 11.3 Å². The van der Waals surface area contributed by atoms with Gasteiger partial charge in [-0.05, 0) is 50.2 Å². The van der Waals surface area contributed by atoms with Gasteiger partial charge in [0.25, 0.3) is 5.91 Å². The normalized spacial score (nSPS) is 11.5. The Morgan fingerprint density at radius 1 is 1.06 bits per heavy atom. The summed E-state index contributed by atoms with van der Waals surface area (Å²) in [6.07, 6.45) is -2.32. The summed E-state index contributed by atoms with van der Waals surface area (Å²) in [6.45, 7) is 7.53. The first-order valence-electron chi connectivity index (χ1n) is 11.7. The summed E-state index contributed by atoms with van der Waals surface area (Å²) >= 11 is 1.10. The highest BCUT2D eigenvalue weighted by Crippen LogP contribution is 2.34. The standard InChI is InChI=1S/C26H30F3N3O3S/c1-4-11-32(12-5-2)13-14-35-23-16-20(9-10-22(23)34-3)30-24(33)21-17-36-25(31-21)18-7-6-8-19(15-18)26(27,28)29/h6-10,15-17H,4-5,11-14H2,1-3H3,(H,30,33). The molecule has 1 aromatic heterocycles. The molecule has 0 unspecified atom stereocenters. The number of carbonyl (C=O) groups excluding carboxylic acids is 1. The van der Waals surface area contributed by atoms with E-state index in [1.54, 1.807) is 25.3 Å². The molecular weight excluding hydrogens is 491 g/mol. The van der Waals surface area contributed by atoms with Gasteiger partial charge in [-0.25, -0.2) is 4.98 Å². The number of halogens is 3. The van der Waals surface area contributed by atoms with Gasteiger partial charge in [0.1, 0.15) is 17.3 Å². The third-order valence-corrected chi connectivity index (χ3v) is 6.23. The first-order valence-corrected chi connectivity index (χ1v) is 12.6. The molecule has 0 saturated carbocycles. The second-order valence-electron chi connectivity index (χ2n) is 8.13. The van der Waals surface area contributed by atoms with Crippen LogP contribution in [0.1, 0.15) is 42.7 Å². The van der Waals surface area contributed by atoms with Crippen molar-refractivity contribution in [2.75, 3.05) is 38.7 Å². The van der Waals surface area contributed by atoms with Crippen LogP contribution in [0.25, 0.3) is 10.6 Å². The zero-order valence-electron chi connectivity index (χ0n) is 20.5. The third-order valence-electron chi connectivity index (χ3n) is 5.34. The first-order chi connectivity index (χ1) is 17.2. The number of ether oxygens (including phenoxy) is 2. The molecule has 0 radical (unpaired) electrons. The molecular formula is C26H30F3N3O3S. The van der Waals surface area contributed by atoms with Gasteiger partial charge in [0.05, 0.1) is 12.7 Å². The number of nitrogens with zero attached hydrogens (tertiary/aromatic N) is 2. The Balaban J connectivity index is 1.68. The largest absolute Gasteiger partial charge is 0.493 e. The summed E-state index contributed by atoms with van der Waals surface area (Å²) < 4.78 is 50.4. The van der Waals surface area contributed by atoms with Crippen LogP contribution in [-0.2, 0) is 6.18 Å². The second kappa shape index (κ2) is 12.7. The number of carbonyl (C=O) groups is 1. The van der Waals surface area contributed by atoms with E-state index in [1.807, 2.05) is 0 Å². The van der Waals surface area contributed by atoms with Gasteiger partial charge in [-0.1, -0.05) is 26.0 Å². The van der Waals surface area contributed by atoms with E-state index >= 15 is 0 Å². The molecule has 0 atom stereocenters. The van der Waals surface area contributed by atoms with Crippen molar-refractivity contribution in [2.45, 2.75) is 32.9 Å². The molecule has 0 aliphatic rings. The monoisotopic (exact) mass is 521 g/mol. The Hall–Kier alpha value is -3.11. The SMILES string of the molecule is CCCN(CCC)CCOc1cc(NC(=O)c2csc(-c3cccc(C(F)(F)F)c3)n2)ccc1OC. The van der Waals surface area contributed by atoms with Crippen molar-refractivity contribution in [2.24, 2.45) is 0 Å². The zero-order chi connectivity index (χ0) is 26.1. The van der Waals surface area contributed by atoms with Gasteiger partial charge in [-0.2, -0.15) is 13.2 Å². The highest BCUT2D eigenvalue weighted by molar-refractivity contribution is 7.13. The number of hydrogen-bond donors (Lipinski definition) is 1. The lowest BCUT2D eigenvalue weighted by Crippen LogP contribution is -2.30. The number of anilines is 1. The number of thiazole rings is 1. The van der Waals surface area contributed by atoms with Crippen molar-refractivity contribution in [3.8, 4) is 22.1 Å². The number of nitrogens with one attached hydrogen (secondary N) is 1. The predicted molar refractivity (Wildman–Crippen MR) is 136 cm³/mol. The second-order valence-corrected chi connectivity index (χ2v) is 8.98. The van der Waals surface area contributed by atoms with Crippen LogP contribution in [0.15, 0.2) is 47.8 Å². The summed E-state index contributed by atoms with van der Waals surface area (Å²) in [6, 6.07) is 9.95. The minimum atomic E-state index is -4.45. The Morgan fingerprint density at radius 2 is 1.81 bits per heavy atom. The molecule has 0 aliphatic heterocycles. The van der Waals surface area contributed by atoms with Gasteiger partial charge in [0.15, 0.2) is 11.5 Å². The molecule has 0 bridgehead atoms. The van der Waals surface area contributed by atoms with E-state index in [0.717, 1.165) is 55.9 Å². The average Bonchev–Trinajstić information content (AvgIpc) is 3.35. The molecule has 1 amide bonds. The highest BCUT2D eigenvalue weighted by atomic mass is 32.1. The first kappa shape index (κ1) is 27.5. The number of benzene rings is 2. The summed E-state index contributed by atoms with van der Waals surface area (Å²) in [5.74, 6) is 0.579. The van der Waals surface area contributed by atoms with E-state index in [9.17, 15) is 18.0 Å². The van der Waals surface area contributed by atoms with Crippen LogP contribution < -0.4 is 14.8 Å². The van der Waals surface area contributed by atoms with Gasteiger partial charge in [0.2, 0.25) is 0 Å². The molecule has 1 N–H and O–H groups in total. The number of methoxy groups -OCH3 is 1. The predicted octanol–water partition coefficient (Wildman–Crippen LogP) is 6.59. The van der Waals surface area contributed by atoms with Crippen molar-refractivity contribution >= 4 is 22.9 Å². The molecule has 1 heterocycles. The van der Waals surface area contributed by atoms with Crippen molar-refractivity contribution in [1.82, 2.24) is 9.88 Å². The molecule has 36 heavy (non-hydrogen) atoms. The molecule has 3 rings (SSSR count). The van der Waals surface area contributed by atoms with Gasteiger partial charge in [0, 0.05) is 29.2 Å². The Kier molecular flexibility index (Phi) is 9.72. The maximum Gasteiger partial charge on any atom is 0.416 e. The maximum atomic E-state index is 13.0. The van der Waals surface area contributed by atoms with E-state index < -0.39 is 17.6 Å². The van der Waals surface area contributed by atoms with Crippen LogP contribution in [0, 0.1) is 0 Å². The fourth-order valence-corrected chi connectivity index (χ4v) is 4.45. The lowest BCUT2D eigenvalue weighted by atomic mass is 10.1. The average molecular weight is 522 g/mol. The molecule has 0 fully saturated rings. The molecule has 10 heteroatoms. The lowest BCUT2D eigenvalue weighted by Gasteiger charge is -2.21. The molecule has 0 spiro atoms. The summed E-state index contributed by atoms with van der Waals surface area (Å²) in [4.78, 5) is 19.3. The quantitative estimate of drug-likeness (QED) is 0.291. The minimum Gasteiger partial charge on any atom is -0.493 e. The van der Waals surface area contributed by atoms with E-state index in [0.29, 0.717) is 34.4 Å². The number of alkyl halides is 3. The zero-order valence-corrected chi connectivity index (χ0v) is 21.3. The van der Waals surface area contributed by atoms with Crippen molar-refractivity contribution in [3.63, 3.8) is 0 Å². The molecule has 6 nitrogen and oxygen atoms in total. The Morgan fingerprint density at radius 3 is 2.47 bits per heavy atom. The van der Waals surface area contributed by atoms with E-state index in [2.05, 4.69) is 29.0 Å². The van der Waals surface area contributed by atoms with E-state index in [1.165, 1.54) is 17.5 Å².